The number of carboxylic acids is 1. The number of carboxylic acid groups (broad SMARTS) is 1. The van der Waals surface area contributed by atoms with Crippen LogP contribution < -0.4 is 16.1 Å². The van der Waals surface area contributed by atoms with Crippen LogP contribution in [0.15, 0.2) is 78.9 Å². The largest absolute Gasteiger partial charge is 0.480 e. The molecule has 1 fully saturated rings. The molecule has 0 unspecified atom stereocenters. The van der Waals surface area contributed by atoms with Gasteiger partial charge in [0.2, 0.25) is 5.91 Å². The monoisotopic (exact) mass is 639 g/mol. The Morgan fingerprint density at radius 2 is 1.45 bits per heavy atom. The number of hydroxylamine groups is 1. The minimum Gasteiger partial charge on any atom is -0.480 e. The second-order valence-electron chi connectivity index (χ2n) is 11.6. The lowest BCUT2D eigenvalue weighted by Gasteiger charge is -2.42. The van der Waals surface area contributed by atoms with Crippen molar-refractivity contribution < 1.29 is 29.1 Å². The molecule has 0 bridgehead atoms. The van der Waals surface area contributed by atoms with Crippen LogP contribution in [0.5, 0.6) is 0 Å². The number of carbonyl (C=O) groups excluding carboxylic acids is 3. The third-order valence-electron chi connectivity index (χ3n) is 8.81. The fraction of sp³-hybridized carbons (Fsp3) is 0.333. The molecule has 0 aromatic heterocycles. The van der Waals surface area contributed by atoms with Crippen molar-refractivity contribution in [1.82, 2.24) is 16.1 Å². The molecule has 1 saturated carbocycles. The first-order chi connectivity index (χ1) is 20.9. The minimum atomic E-state index is -1.40. The van der Waals surface area contributed by atoms with Crippen molar-refractivity contribution in [3.8, 4) is 0 Å². The zero-order chi connectivity index (χ0) is 32.1. The van der Waals surface area contributed by atoms with Crippen LogP contribution in [0.4, 0.5) is 0 Å². The van der Waals surface area contributed by atoms with Crippen LogP contribution in [0.3, 0.4) is 0 Å². The lowest BCUT2D eigenvalue weighted by atomic mass is 9.64. The van der Waals surface area contributed by atoms with Gasteiger partial charge in [0.1, 0.15) is 6.04 Å². The Morgan fingerprint density at radius 1 is 0.886 bits per heavy atom. The van der Waals surface area contributed by atoms with Crippen LogP contribution in [0.2, 0.25) is 10.0 Å². The van der Waals surface area contributed by atoms with Crippen molar-refractivity contribution in [2.75, 3.05) is 0 Å². The lowest BCUT2D eigenvalue weighted by Crippen LogP contribution is -2.57. The summed E-state index contributed by atoms with van der Waals surface area (Å²) >= 11 is 12.6. The molecule has 0 heterocycles. The van der Waals surface area contributed by atoms with Crippen LogP contribution >= 0.6 is 23.2 Å². The van der Waals surface area contributed by atoms with E-state index >= 15 is 0 Å². The predicted molar refractivity (Wildman–Crippen MR) is 167 cm³/mol. The molecule has 9 nitrogen and oxygen atoms in total. The van der Waals surface area contributed by atoms with Crippen molar-refractivity contribution in [3.05, 3.63) is 106 Å². The van der Waals surface area contributed by atoms with E-state index in [1.54, 1.807) is 51.1 Å². The summed E-state index contributed by atoms with van der Waals surface area (Å²) in [4.78, 5) is 58.9. The third-order valence-corrected chi connectivity index (χ3v) is 9.44. The average Bonchev–Trinajstić information content (AvgIpc) is 3.19. The van der Waals surface area contributed by atoms with E-state index in [0.717, 1.165) is 11.1 Å². The van der Waals surface area contributed by atoms with Gasteiger partial charge in [-0.1, -0.05) is 104 Å². The zero-order valence-electron chi connectivity index (χ0n) is 24.6. The van der Waals surface area contributed by atoms with Gasteiger partial charge in [0, 0.05) is 18.4 Å². The minimum absolute atomic E-state index is 0.0346. The number of halogens is 2. The molecule has 1 aliphatic carbocycles. The molecule has 0 radical (unpaired) electrons. The van der Waals surface area contributed by atoms with E-state index in [9.17, 15) is 24.3 Å². The summed E-state index contributed by atoms with van der Waals surface area (Å²) in [7, 11) is 0. The van der Waals surface area contributed by atoms with Gasteiger partial charge >= 0.3 is 5.97 Å². The van der Waals surface area contributed by atoms with Crippen molar-refractivity contribution >= 4 is 46.9 Å². The Labute approximate surface area is 266 Å². The molecule has 0 aliphatic heterocycles. The highest BCUT2D eigenvalue weighted by Crippen LogP contribution is 2.56. The van der Waals surface area contributed by atoms with Crippen LogP contribution in [-0.4, -0.2) is 40.9 Å². The van der Waals surface area contributed by atoms with E-state index in [0.29, 0.717) is 0 Å². The van der Waals surface area contributed by atoms with Gasteiger partial charge in [0.25, 0.3) is 11.8 Å². The molecule has 1 aliphatic rings. The van der Waals surface area contributed by atoms with Crippen LogP contribution in [0, 0.1) is 16.7 Å². The van der Waals surface area contributed by atoms with Crippen molar-refractivity contribution in [2.24, 2.45) is 16.7 Å². The van der Waals surface area contributed by atoms with Gasteiger partial charge in [-0.05, 0) is 42.0 Å². The number of benzene rings is 3. The summed E-state index contributed by atoms with van der Waals surface area (Å²) in [6.45, 7) is 5.24. The molecule has 4 atom stereocenters. The van der Waals surface area contributed by atoms with Crippen molar-refractivity contribution in [3.63, 3.8) is 0 Å². The number of amides is 3. The van der Waals surface area contributed by atoms with Gasteiger partial charge in [-0.15, -0.1) is 0 Å². The molecule has 3 aromatic carbocycles. The molecular weight excluding hydrogens is 605 g/mol. The lowest BCUT2D eigenvalue weighted by molar-refractivity contribution is -0.153. The summed E-state index contributed by atoms with van der Waals surface area (Å²) in [5.41, 5.74) is 1.65. The molecule has 0 spiro atoms. The van der Waals surface area contributed by atoms with Crippen LogP contribution in [-0.2, 0) is 32.2 Å². The highest BCUT2D eigenvalue weighted by molar-refractivity contribution is 6.39. The molecule has 3 amide bonds. The standard InChI is InChI=1S/C33H35Cl2N3O6/c1-32(2)22(28(39)36-25(30(41)42)17-20-11-6-4-7-12-20)18-26(37-29(40)27-23(34)15-10-16-24(27)35)33(32,3)31(43)38-44-19-21-13-8-5-9-14-21/h4-16,22,25-26H,17-19H2,1-3H3,(H,36,39)(H,37,40)(H,38,43)(H,41,42)/t22-,25+,26-,33+/m1/s1. The van der Waals surface area contributed by atoms with Gasteiger partial charge < -0.3 is 15.7 Å². The number of rotatable bonds is 11. The SMILES string of the molecule is CC1(C)[C@@H](C(=O)N[C@@H](Cc2ccccc2)C(=O)O)C[C@@H](NC(=O)c2c(Cl)cccc2Cl)[C@@]1(C)C(=O)NOCc1ccccc1. The molecule has 44 heavy (non-hydrogen) atoms. The maximum Gasteiger partial charge on any atom is 0.326 e. The van der Waals surface area contributed by atoms with Gasteiger partial charge in [0.05, 0.1) is 27.6 Å². The Morgan fingerprint density at radius 3 is 2.02 bits per heavy atom. The summed E-state index contributed by atoms with van der Waals surface area (Å²) in [6, 6.07) is 20.8. The summed E-state index contributed by atoms with van der Waals surface area (Å²) in [5, 5.41) is 15.7. The Bertz CT molecular complexity index is 1500. The van der Waals surface area contributed by atoms with E-state index in [4.69, 9.17) is 28.0 Å². The smallest absolute Gasteiger partial charge is 0.326 e. The maximum absolute atomic E-state index is 13.9. The molecule has 4 rings (SSSR count). The fourth-order valence-electron chi connectivity index (χ4n) is 5.80. The van der Waals surface area contributed by atoms with E-state index in [1.165, 1.54) is 12.1 Å². The second-order valence-corrected chi connectivity index (χ2v) is 12.4. The highest BCUT2D eigenvalue weighted by atomic mass is 35.5. The molecule has 3 aromatic rings. The Balaban J connectivity index is 1.61. The Kier molecular flexibility index (Phi) is 10.3. The number of carbonyl (C=O) groups is 4. The first-order valence-corrected chi connectivity index (χ1v) is 14.9. The maximum atomic E-state index is 13.9. The molecular formula is C33H35Cl2N3O6. The summed E-state index contributed by atoms with van der Waals surface area (Å²) < 4.78 is 0. The topological polar surface area (TPSA) is 134 Å². The van der Waals surface area contributed by atoms with E-state index < -0.39 is 52.5 Å². The van der Waals surface area contributed by atoms with Gasteiger partial charge in [0.15, 0.2) is 0 Å². The highest BCUT2D eigenvalue weighted by Gasteiger charge is 2.64. The number of hydrogen-bond donors (Lipinski definition) is 4. The summed E-state index contributed by atoms with van der Waals surface area (Å²) in [6.07, 6.45) is 0.109. The molecule has 11 heteroatoms. The van der Waals surface area contributed by atoms with Gasteiger partial charge in [-0.3, -0.25) is 19.2 Å². The summed E-state index contributed by atoms with van der Waals surface area (Å²) in [5.74, 6) is -3.76. The van der Waals surface area contributed by atoms with Crippen LogP contribution in [0.1, 0.15) is 48.7 Å². The Hall–Kier alpha value is -3.92. The first kappa shape index (κ1) is 33.0. The fourth-order valence-corrected chi connectivity index (χ4v) is 6.37. The average molecular weight is 641 g/mol. The molecule has 232 valence electrons. The van der Waals surface area contributed by atoms with Gasteiger partial charge in [-0.2, -0.15) is 0 Å². The number of aliphatic carboxylic acids is 1. The third kappa shape index (κ3) is 6.90. The molecule has 4 N–H and O–H groups in total. The van der Waals surface area contributed by atoms with Crippen molar-refractivity contribution in [1.29, 1.82) is 0 Å². The van der Waals surface area contributed by atoms with E-state index in [-0.39, 0.29) is 35.1 Å². The normalized spacial score (nSPS) is 21.2. The van der Waals surface area contributed by atoms with Crippen LogP contribution in [0.25, 0.3) is 0 Å². The number of hydrogen-bond acceptors (Lipinski definition) is 5. The molecule has 0 saturated heterocycles. The number of nitrogens with one attached hydrogen (secondary N) is 3. The van der Waals surface area contributed by atoms with E-state index in [1.807, 2.05) is 36.4 Å². The van der Waals surface area contributed by atoms with E-state index in [2.05, 4.69) is 16.1 Å². The quantitative estimate of drug-likeness (QED) is 0.213. The second kappa shape index (κ2) is 13.8. The van der Waals surface area contributed by atoms with Gasteiger partial charge in [-0.25, -0.2) is 10.3 Å². The first-order valence-electron chi connectivity index (χ1n) is 14.1. The predicted octanol–water partition coefficient (Wildman–Crippen LogP) is 5.20. The zero-order valence-corrected chi connectivity index (χ0v) is 26.1. The van der Waals surface area contributed by atoms with Crippen molar-refractivity contribution in [2.45, 2.75) is 52.3 Å².